The Bertz CT molecular complexity index is 158. The van der Waals surface area contributed by atoms with Crippen molar-refractivity contribution in [2.45, 2.75) is 6.92 Å². The Morgan fingerprint density at radius 1 is 1.82 bits per heavy atom. The molecule has 0 aliphatic carbocycles. The highest BCUT2D eigenvalue weighted by molar-refractivity contribution is 6.27. The fourth-order valence-corrected chi connectivity index (χ4v) is 0.430. The summed E-state index contributed by atoms with van der Waals surface area (Å²) in [5, 5.41) is 3.65. The first-order valence-electron chi connectivity index (χ1n) is 3.16. The summed E-state index contributed by atoms with van der Waals surface area (Å²) in [5.41, 5.74) is 7.77. The van der Waals surface area contributed by atoms with E-state index in [2.05, 4.69) is 17.1 Å². The van der Waals surface area contributed by atoms with Gasteiger partial charge in [-0.15, -0.1) is 11.6 Å². The Morgan fingerprint density at radius 3 is 2.91 bits per heavy atom. The number of hydrazone groups is 1. The topological polar surface area (TPSA) is 59.6 Å². The summed E-state index contributed by atoms with van der Waals surface area (Å²) < 4.78 is 4.93. The minimum atomic E-state index is 0.187. The van der Waals surface area contributed by atoms with E-state index in [4.69, 9.17) is 22.1 Å². The second kappa shape index (κ2) is 5.85. The zero-order valence-corrected chi connectivity index (χ0v) is 7.19. The van der Waals surface area contributed by atoms with Crippen LogP contribution in [-0.4, -0.2) is 18.3 Å². The fraction of sp³-hybridized carbons (Fsp3) is 0.500. The van der Waals surface area contributed by atoms with Crippen LogP contribution in [0.1, 0.15) is 6.92 Å². The molecule has 0 saturated heterocycles. The molecule has 0 aliphatic heterocycles. The predicted molar refractivity (Wildman–Crippen MR) is 46.2 cm³/mol. The fourth-order valence-electron chi connectivity index (χ4n) is 0.371. The van der Waals surface area contributed by atoms with Gasteiger partial charge in [0.1, 0.15) is 5.84 Å². The molecule has 5 heteroatoms. The molecular weight excluding hydrogens is 166 g/mol. The Labute approximate surface area is 71.0 Å². The first-order valence-corrected chi connectivity index (χ1v) is 3.69. The largest absolute Gasteiger partial charge is 0.479 e. The minimum absolute atomic E-state index is 0.187. The third-order valence-electron chi connectivity index (χ3n) is 0.780. The van der Waals surface area contributed by atoms with Gasteiger partial charge in [0.2, 0.25) is 0 Å². The van der Waals surface area contributed by atoms with E-state index in [9.17, 15) is 0 Å². The monoisotopic (exact) mass is 177 g/mol. The smallest absolute Gasteiger partial charge is 0.199 e. The van der Waals surface area contributed by atoms with Crippen molar-refractivity contribution in [1.82, 2.24) is 5.43 Å². The van der Waals surface area contributed by atoms with Crippen LogP contribution >= 0.6 is 11.6 Å². The van der Waals surface area contributed by atoms with Crippen molar-refractivity contribution in [3.8, 4) is 0 Å². The molecule has 0 aromatic rings. The standard InChI is InChI=1S/C6H12ClN3O/c1-3-11-5(2)9-10-6(8)4-7/h9H,2-4H2,1H3,(H2,8,10). The Balaban J connectivity index is 3.60. The van der Waals surface area contributed by atoms with Gasteiger partial charge in [-0.1, -0.05) is 0 Å². The molecule has 3 N–H and O–H groups in total. The first kappa shape index (κ1) is 10.1. The maximum Gasteiger partial charge on any atom is 0.199 e. The molecule has 0 aromatic carbocycles. The van der Waals surface area contributed by atoms with Crippen LogP contribution in [0, 0.1) is 0 Å². The molecule has 0 atom stereocenters. The SMILES string of the molecule is C=C(N/N=C(\N)CCl)OCC. The highest BCUT2D eigenvalue weighted by Gasteiger charge is 1.89. The average molecular weight is 178 g/mol. The molecule has 0 aromatic heterocycles. The molecule has 0 heterocycles. The summed E-state index contributed by atoms with van der Waals surface area (Å²) in [6, 6.07) is 0. The van der Waals surface area contributed by atoms with Crippen LogP contribution in [0.15, 0.2) is 17.6 Å². The van der Waals surface area contributed by atoms with Gasteiger partial charge in [0, 0.05) is 0 Å². The second-order valence-electron chi connectivity index (χ2n) is 1.70. The van der Waals surface area contributed by atoms with Gasteiger partial charge in [-0.05, 0) is 13.5 Å². The van der Waals surface area contributed by atoms with E-state index < -0.39 is 0 Å². The van der Waals surface area contributed by atoms with Gasteiger partial charge in [0.05, 0.1) is 12.5 Å². The van der Waals surface area contributed by atoms with Gasteiger partial charge >= 0.3 is 0 Å². The van der Waals surface area contributed by atoms with Crippen LogP contribution in [0.2, 0.25) is 0 Å². The van der Waals surface area contributed by atoms with Crippen LogP contribution < -0.4 is 11.2 Å². The lowest BCUT2D eigenvalue weighted by atomic mass is 10.7. The quantitative estimate of drug-likeness (QED) is 0.213. The number of hydrogen-bond acceptors (Lipinski definition) is 3. The van der Waals surface area contributed by atoms with Crippen molar-refractivity contribution >= 4 is 17.4 Å². The highest BCUT2D eigenvalue weighted by Crippen LogP contribution is 1.86. The number of halogens is 1. The summed E-state index contributed by atoms with van der Waals surface area (Å²) in [4.78, 5) is 0. The Morgan fingerprint density at radius 2 is 2.45 bits per heavy atom. The lowest BCUT2D eigenvalue weighted by molar-refractivity contribution is 0.209. The number of nitrogens with one attached hydrogen (secondary N) is 1. The number of nitrogens with zero attached hydrogens (tertiary/aromatic N) is 1. The maximum atomic E-state index is 5.35. The highest BCUT2D eigenvalue weighted by atomic mass is 35.5. The number of nitrogens with two attached hydrogens (primary N) is 1. The van der Waals surface area contributed by atoms with Crippen molar-refractivity contribution in [3.63, 3.8) is 0 Å². The van der Waals surface area contributed by atoms with E-state index in [0.717, 1.165) is 0 Å². The number of rotatable bonds is 5. The lowest BCUT2D eigenvalue weighted by Crippen LogP contribution is -2.19. The van der Waals surface area contributed by atoms with Crippen LogP contribution in [0.3, 0.4) is 0 Å². The molecule has 11 heavy (non-hydrogen) atoms. The first-order chi connectivity index (χ1) is 5.20. The molecule has 4 nitrogen and oxygen atoms in total. The van der Waals surface area contributed by atoms with Crippen molar-refractivity contribution in [2.24, 2.45) is 10.8 Å². The van der Waals surface area contributed by atoms with E-state index in [-0.39, 0.29) is 5.88 Å². The number of hydrogen-bond donors (Lipinski definition) is 2. The van der Waals surface area contributed by atoms with Crippen molar-refractivity contribution in [3.05, 3.63) is 12.5 Å². The van der Waals surface area contributed by atoms with Crippen LogP contribution in [0.25, 0.3) is 0 Å². The molecule has 0 rings (SSSR count). The Hall–Kier alpha value is -0.900. The number of ether oxygens (including phenoxy) is 1. The van der Waals surface area contributed by atoms with E-state index in [0.29, 0.717) is 18.3 Å². The molecule has 64 valence electrons. The summed E-state index contributed by atoms with van der Waals surface area (Å²) in [7, 11) is 0. The van der Waals surface area contributed by atoms with Crippen molar-refractivity contribution < 1.29 is 4.74 Å². The van der Waals surface area contributed by atoms with Gasteiger partial charge in [0.25, 0.3) is 0 Å². The molecule has 0 radical (unpaired) electrons. The van der Waals surface area contributed by atoms with Gasteiger partial charge < -0.3 is 10.5 Å². The van der Waals surface area contributed by atoms with E-state index in [1.54, 1.807) is 0 Å². The Kier molecular flexibility index (Phi) is 5.37. The molecule has 0 aliphatic rings. The molecule has 0 spiro atoms. The second-order valence-corrected chi connectivity index (χ2v) is 1.97. The summed E-state index contributed by atoms with van der Waals surface area (Å²) >= 11 is 5.35. The molecule has 0 amide bonds. The maximum absolute atomic E-state index is 5.35. The number of alkyl halides is 1. The van der Waals surface area contributed by atoms with Crippen LogP contribution in [0.5, 0.6) is 0 Å². The summed E-state index contributed by atoms with van der Waals surface area (Å²) in [6.45, 7) is 5.90. The number of amidine groups is 1. The summed E-state index contributed by atoms with van der Waals surface area (Å²) in [6.07, 6.45) is 0. The van der Waals surface area contributed by atoms with Crippen molar-refractivity contribution in [1.29, 1.82) is 0 Å². The zero-order chi connectivity index (χ0) is 8.69. The normalized spacial score (nSPS) is 10.9. The summed E-state index contributed by atoms with van der Waals surface area (Å²) in [5.74, 6) is 0.847. The van der Waals surface area contributed by atoms with Crippen LogP contribution in [0.4, 0.5) is 0 Å². The third kappa shape index (κ3) is 5.54. The van der Waals surface area contributed by atoms with Gasteiger partial charge in [0.15, 0.2) is 5.88 Å². The predicted octanol–water partition coefficient (Wildman–Crippen LogP) is 0.595. The minimum Gasteiger partial charge on any atom is -0.479 e. The molecular formula is C6H12ClN3O. The lowest BCUT2D eigenvalue weighted by Gasteiger charge is -2.04. The van der Waals surface area contributed by atoms with E-state index in [1.165, 1.54) is 0 Å². The molecule has 0 fully saturated rings. The zero-order valence-electron chi connectivity index (χ0n) is 6.43. The van der Waals surface area contributed by atoms with E-state index >= 15 is 0 Å². The van der Waals surface area contributed by atoms with Gasteiger partial charge in [-0.2, -0.15) is 5.10 Å². The molecule has 0 bridgehead atoms. The third-order valence-corrected chi connectivity index (χ3v) is 1.05. The molecule has 0 saturated carbocycles. The van der Waals surface area contributed by atoms with E-state index in [1.807, 2.05) is 6.92 Å². The average Bonchev–Trinajstić information content (AvgIpc) is 2.01. The van der Waals surface area contributed by atoms with Gasteiger partial charge in [-0.25, -0.2) is 5.43 Å². The molecule has 0 unspecified atom stereocenters. The van der Waals surface area contributed by atoms with Crippen LogP contribution in [-0.2, 0) is 4.74 Å². The van der Waals surface area contributed by atoms with Gasteiger partial charge in [-0.3, -0.25) is 0 Å². The van der Waals surface area contributed by atoms with Crippen molar-refractivity contribution in [2.75, 3.05) is 12.5 Å².